The number of hydrogen-bond acceptors (Lipinski definition) is 2. The van der Waals surface area contributed by atoms with E-state index in [1.165, 1.54) is 17.5 Å². The standard InChI is InChI=1S/C21H25NO/c1-3-16-22-17-10-15-20(22)21(23-2,18-11-6-4-7-12-18)19-13-8-5-9-14-19/h3-9,11-14,16,20H,10,15,17H2,1-2H3/b16-3+/t20-/m0/s1. The van der Waals surface area contributed by atoms with Gasteiger partial charge >= 0.3 is 0 Å². The van der Waals surface area contributed by atoms with Gasteiger partial charge in [-0.2, -0.15) is 0 Å². The summed E-state index contributed by atoms with van der Waals surface area (Å²) < 4.78 is 6.30. The van der Waals surface area contributed by atoms with Crippen molar-refractivity contribution in [3.05, 3.63) is 84.1 Å². The van der Waals surface area contributed by atoms with Crippen molar-refractivity contribution >= 4 is 0 Å². The molecule has 0 radical (unpaired) electrons. The minimum absolute atomic E-state index is 0.300. The van der Waals surface area contributed by atoms with Crippen LogP contribution in [0, 0.1) is 0 Å². The summed E-state index contributed by atoms with van der Waals surface area (Å²) in [6, 6.07) is 21.6. The van der Waals surface area contributed by atoms with Gasteiger partial charge in [-0.25, -0.2) is 0 Å². The fraction of sp³-hybridized carbons (Fsp3) is 0.333. The van der Waals surface area contributed by atoms with Crippen LogP contribution in [-0.4, -0.2) is 24.6 Å². The Balaban J connectivity index is 2.17. The second-order valence-electron chi connectivity index (χ2n) is 6.05. The highest BCUT2D eigenvalue weighted by Crippen LogP contribution is 2.43. The molecule has 1 fully saturated rings. The third-order valence-corrected chi connectivity index (χ3v) is 4.83. The van der Waals surface area contributed by atoms with Crippen LogP contribution in [0.25, 0.3) is 0 Å². The van der Waals surface area contributed by atoms with Crippen LogP contribution in [0.2, 0.25) is 0 Å². The normalized spacial score (nSPS) is 18.7. The van der Waals surface area contributed by atoms with Gasteiger partial charge in [0.2, 0.25) is 0 Å². The van der Waals surface area contributed by atoms with Gasteiger partial charge in [-0.1, -0.05) is 66.7 Å². The SMILES string of the molecule is C/C=C/N1CCC[C@H]1C(OC)(c1ccccc1)c1ccccc1. The van der Waals surface area contributed by atoms with Gasteiger partial charge in [0.1, 0.15) is 5.60 Å². The van der Waals surface area contributed by atoms with E-state index in [9.17, 15) is 0 Å². The molecule has 2 nitrogen and oxygen atoms in total. The van der Waals surface area contributed by atoms with Crippen LogP contribution >= 0.6 is 0 Å². The van der Waals surface area contributed by atoms with E-state index >= 15 is 0 Å². The highest BCUT2D eigenvalue weighted by Gasteiger charge is 2.46. The third kappa shape index (κ3) is 2.79. The molecule has 1 saturated heterocycles. The van der Waals surface area contributed by atoms with Gasteiger partial charge in [0, 0.05) is 13.7 Å². The van der Waals surface area contributed by atoms with Gasteiger partial charge in [-0.05, 0) is 37.1 Å². The van der Waals surface area contributed by atoms with Crippen LogP contribution in [0.15, 0.2) is 72.9 Å². The Kier molecular flexibility index (Phi) is 4.82. The smallest absolute Gasteiger partial charge is 0.138 e. The molecule has 2 aromatic carbocycles. The van der Waals surface area contributed by atoms with Crippen LogP contribution in [0.1, 0.15) is 30.9 Å². The van der Waals surface area contributed by atoms with E-state index in [1.54, 1.807) is 0 Å². The number of allylic oxidation sites excluding steroid dienone is 1. The van der Waals surface area contributed by atoms with Crippen molar-refractivity contribution in [2.45, 2.75) is 31.4 Å². The minimum atomic E-state index is -0.446. The maximum atomic E-state index is 6.30. The van der Waals surface area contributed by atoms with E-state index in [-0.39, 0.29) is 0 Å². The fourth-order valence-corrected chi connectivity index (χ4v) is 3.89. The molecule has 1 heterocycles. The average Bonchev–Trinajstić information content (AvgIpc) is 3.07. The molecule has 2 aromatic rings. The average molecular weight is 307 g/mol. The first-order valence-corrected chi connectivity index (χ1v) is 8.37. The number of likely N-dealkylation sites (tertiary alicyclic amines) is 1. The molecule has 0 aliphatic carbocycles. The lowest BCUT2D eigenvalue weighted by Gasteiger charge is -2.42. The Morgan fingerprint density at radius 1 is 1.00 bits per heavy atom. The Morgan fingerprint density at radius 3 is 2.04 bits per heavy atom. The van der Waals surface area contributed by atoms with Gasteiger partial charge in [0.05, 0.1) is 6.04 Å². The Morgan fingerprint density at radius 2 is 1.57 bits per heavy atom. The summed E-state index contributed by atoms with van der Waals surface area (Å²) in [5, 5.41) is 0. The molecule has 1 aliphatic rings. The summed E-state index contributed by atoms with van der Waals surface area (Å²) in [6.45, 7) is 3.16. The highest BCUT2D eigenvalue weighted by atomic mass is 16.5. The summed E-state index contributed by atoms with van der Waals surface area (Å²) in [6.07, 6.45) is 6.65. The number of methoxy groups -OCH3 is 1. The van der Waals surface area contributed by atoms with Gasteiger partial charge in [-0.3, -0.25) is 0 Å². The van der Waals surface area contributed by atoms with Gasteiger partial charge in [0.15, 0.2) is 0 Å². The quantitative estimate of drug-likeness (QED) is 0.802. The number of ether oxygens (including phenoxy) is 1. The van der Waals surface area contributed by atoms with Gasteiger partial charge < -0.3 is 9.64 Å². The van der Waals surface area contributed by atoms with E-state index in [4.69, 9.17) is 4.74 Å². The molecular formula is C21H25NO. The van der Waals surface area contributed by atoms with Crippen molar-refractivity contribution in [2.75, 3.05) is 13.7 Å². The van der Waals surface area contributed by atoms with Crippen LogP contribution in [0.3, 0.4) is 0 Å². The number of nitrogens with zero attached hydrogens (tertiary/aromatic N) is 1. The maximum absolute atomic E-state index is 6.30. The third-order valence-electron chi connectivity index (χ3n) is 4.83. The molecule has 0 N–H and O–H groups in total. The molecule has 1 aliphatic heterocycles. The van der Waals surface area contributed by atoms with Crippen LogP contribution in [-0.2, 0) is 10.3 Å². The van der Waals surface area contributed by atoms with Crippen LogP contribution in [0.5, 0.6) is 0 Å². The zero-order valence-corrected chi connectivity index (χ0v) is 14.0. The maximum Gasteiger partial charge on any atom is 0.138 e. The van der Waals surface area contributed by atoms with Crippen LogP contribution in [0.4, 0.5) is 0 Å². The van der Waals surface area contributed by atoms with E-state index in [1.807, 2.05) is 7.11 Å². The molecule has 0 unspecified atom stereocenters. The van der Waals surface area contributed by atoms with Gasteiger partial charge in [0.25, 0.3) is 0 Å². The lowest BCUT2D eigenvalue weighted by molar-refractivity contribution is -0.0314. The second-order valence-corrected chi connectivity index (χ2v) is 6.05. The van der Waals surface area contributed by atoms with Crippen LogP contribution < -0.4 is 0 Å². The van der Waals surface area contributed by atoms with E-state index < -0.39 is 5.60 Å². The largest absolute Gasteiger partial charge is 0.371 e. The number of rotatable bonds is 5. The van der Waals surface area contributed by atoms with Crippen molar-refractivity contribution in [2.24, 2.45) is 0 Å². The summed E-state index contributed by atoms with van der Waals surface area (Å²) in [7, 11) is 1.84. The zero-order valence-electron chi connectivity index (χ0n) is 14.0. The summed E-state index contributed by atoms with van der Waals surface area (Å²) >= 11 is 0. The molecule has 0 aromatic heterocycles. The summed E-state index contributed by atoms with van der Waals surface area (Å²) in [4.78, 5) is 2.43. The lowest BCUT2D eigenvalue weighted by Crippen LogP contribution is -2.48. The minimum Gasteiger partial charge on any atom is -0.371 e. The van der Waals surface area contributed by atoms with Crippen molar-refractivity contribution in [1.29, 1.82) is 0 Å². The zero-order chi connectivity index (χ0) is 16.1. The predicted molar refractivity (Wildman–Crippen MR) is 95.2 cm³/mol. The Hall–Kier alpha value is -2.06. The lowest BCUT2D eigenvalue weighted by atomic mass is 9.78. The molecule has 0 bridgehead atoms. The molecule has 1 atom stereocenters. The first-order valence-electron chi connectivity index (χ1n) is 8.37. The van der Waals surface area contributed by atoms with E-state index in [0.29, 0.717) is 6.04 Å². The molecule has 120 valence electrons. The summed E-state index contributed by atoms with van der Waals surface area (Å²) in [5.74, 6) is 0. The van der Waals surface area contributed by atoms with Crippen molar-refractivity contribution in [1.82, 2.24) is 4.90 Å². The first kappa shape index (κ1) is 15.8. The first-order chi connectivity index (χ1) is 11.3. The molecule has 0 spiro atoms. The Bertz CT molecular complexity index is 596. The number of benzene rings is 2. The predicted octanol–water partition coefficient (Wildman–Crippen LogP) is 4.57. The van der Waals surface area contributed by atoms with Crippen molar-refractivity contribution in [3.8, 4) is 0 Å². The Labute approximate surface area is 139 Å². The fourth-order valence-electron chi connectivity index (χ4n) is 3.89. The highest BCUT2D eigenvalue weighted by molar-refractivity contribution is 5.39. The monoisotopic (exact) mass is 307 g/mol. The summed E-state index contributed by atoms with van der Waals surface area (Å²) in [5.41, 5.74) is 1.99. The molecular weight excluding hydrogens is 282 g/mol. The molecule has 3 rings (SSSR count). The molecule has 2 heteroatoms. The number of hydrogen-bond donors (Lipinski definition) is 0. The van der Waals surface area contributed by atoms with Crippen molar-refractivity contribution in [3.63, 3.8) is 0 Å². The van der Waals surface area contributed by atoms with E-state index in [0.717, 1.165) is 13.0 Å². The van der Waals surface area contributed by atoms with Gasteiger partial charge in [-0.15, -0.1) is 0 Å². The molecule has 0 amide bonds. The topological polar surface area (TPSA) is 12.5 Å². The molecule has 23 heavy (non-hydrogen) atoms. The molecule has 0 saturated carbocycles. The second kappa shape index (κ2) is 7.01. The van der Waals surface area contributed by atoms with E-state index in [2.05, 4.69) is 84.8 Å². The van der Waals surface area contributed by atoms with Crippen molar-refractivity contribution < 1.29 is 4.74 Å².